The van der Waals surface area contributed by atoms with E-state index in [2.05, 4.69) is 98.8 Å². The lowest BCUT2D eigenvalue weighted by Gasteiger charge is -2.15. The lowest BCUT2D eigenvalue weighted by molar-refractivity contribution is 0.410. The Kier molecular flexibility index (Phi) is 5.67. The van der Waals surface area contributed by atoms with Gasteiger partial charge in [-0.15, -0.1) is 0 Å². The summed E-state index contributed by atoms with van der Waals surface area (Å²) in [4.78, 5) is 0. The fraction of sp³-hybridized carbons (Fsp3) is 0.214. The van der Waals surface area contributed by atoms with Crippen LogP contribution in [-0.2, 0) is 12.8 Å². The van der Waals surface area contributed by atoms with Crippen LogP contribution >= 0.6 is 0 Å². The Balaban J connectivity index is 1.77. The van der Waals surface area contributed by atoms with E-state index in [4.69, 9.17) is 4.74 Å². The van der Waals surface area contributed by atoms with Crippen LogP contribution in [0.25, 0.3) is 21.9 Å². The van der Waals surface area contributed by atoms with Crippen LogP contribution in [0.15, 0.2) is 84.9 Å². The van der Waals surface area contributed by atoms with Gasteiger partial charge in [-0.25, -0.2) is 0 Å². The molecular formula is C28H28O. The molecule has 146 valence electrons. The smallest absolute Gasteiger partial charge is 0.122 e. The average Bonchev–Trinajstić information content (AvgIpc) is 2.74. The summed E-state index contributed by atoms with van der Waals surface area (Å²) < 4.78 is 5.72. The standard InChI is InChI=1S/C28H28O/c1-20(2)17-22-10-5-7-14-27(22)24-15-16-28(29-3)25(19-24)18-23-12-8-11-21-9-4-6-13-26(21)23/h4-16,19-20H,17-18H2,1-3H3. The Morgan fingerprint density at radius 1 is 0.724 bits per heavy atom. The molecule has 0 aromatic heterocycles. The van der Waals surface area contributed by atoms with Gasteiger partial charge < -0.3 is 4.74 Å². The predicted octanol–water partition coefficient (Wildman–Crippen LogP) is 7.30. The van der Waals surface area contributed by atoms with Crippen molar-refractivity contribution in [2.45, 2.75) is 26.7 Å². The van der Waals surface area contributed by atoms with E-state index in [-0.39, 0.29) is 0 Å². The largest absolute Gasteiger partial charge is 0.496 e. The van der Waals surface area contributed by atoms with Crippen LogP contribution in [0, 0.1) is 5.92 Å². The van der Waals surface area contributed by atoms with Crippen LogP contribution in [0.4, 0.5) is 0 Å². The van der Waals surface area contributed by atoms with Gasteiger partial charge >= 0.3 is 0 Å². The normalized spacial score (nSPS) is 11.2. The third-order valence-electron chi connectivity index (χ3n) is 5.50. The average molecular weight is 381 g/mol. The second kappa shape index (κ2) is 8.53. The molecule has 0 atom stereocenters. The predicted molar refractivity (Wildman–Crippen MR) is 124 cm³/mol. The van der Waals surface area contributed by atoms with Crippen molar-refractivity contribution in [3.63, 3.8) is 0 Å². The molecule has 0 aliphatic heterocycles. The zero-order valence-corrected chi connectivity index (χ0v) is 17.5. The minimum atomic E-state index is 0.629. The molecule has 1 nitrogen and oxygen atoms in total. The van der Waals surface area contributed by atoms with E-state index in [1.165, 1.54) is 38.6 Å². The fourth-order valence-electron chi connectivity index (χ4n) is 4.16. The van der Waals surface area contributed by atoms with E-state index < -0.39 is 0 Å². The van der Waals surface area contributed by atoms with Gasteiger partial charge in [-0.1, -0.05) is 86.6 Å². The quantitative estimate of drug-likeness (QED) is 0.341. The third kappa shape index (κ3) is 4.19. The summed E-state index contributed by atoms with van der Waals surface area (Å²) in [6.45, 7) is 4.55. The van der Waals surface area contributed by atoms with Crippen molar-refractivity contribution in [3.8, 4) is 16.9 Å². The van der Waals surface area contributed by atoms with Crippen LogP contribution in [0.3, 0.4) is 0 Å². The second-order valence-corrected chi connectivity index (χ2v) is 8.10. The van der Waals surface area contributed by atoms with E-state index >= 15 is 0 Å². The molecule has 4 aromatic rings. The number of rotatable bonds is 6. The molecular weight excluding hydrogens is 352 g/mol. The summed E-state index contributed by atoms with van der Waals surface area (Å²) in [6.07, 6.45) is 1.94. The lowest BCUT2D eigenvalue weighted by Crippen LogP contribution is -1.99. The lowest BCUT2D eigenvalue weighted by atomic mass is 9.91. The maximum Gasteiger partial charge on any atom is 0.122 e. The fourth-order valence-corrected chi connectivity index (χ4v) is 4.16. The Labute approximate surface area is 174 Å². The van der Waals surface area contributed by atoms with E-state index in [9.17, 15) is 0 Å². The number of fused-ring (bicyclic) bond motifs is 1. The van der Waals surface area contributed by atoms with Crippen LogP contribution in [0.2, 0.25) is 0 Å². The van der Waals surface area contributed by atoms with Gasteiger partial charge in [-0.3, -0.25) is 0 Å². The molecule has 0 aliphatic rings. The molecule has 0 saturated carbocycles. The van der Waals surface area contributed by atoms with E-state index in [1.54, 1.807) is 7.11 Å². The molecule has 0 aliphatic carbocycles. The van der Waals surface area contributed by atoms with Gasteiger partial charge in [0.15, 0.2) is 0 Å². The number of ether oxygens (including phenoxy) is 1. The second-order valence-electron chi connectivity index (χ2n) is 8.10. The number of benzene rings is 4. The zero-order chi connectivity index (χ0) is 20.2. The SMILES string of the molecule is COc1ccc(-c2ccccc2CC(C)C)cc1Cc1cccc2ccccc12. The monoisotopic (exact) mass is 380 g/mol. The molecule has 0 bridgehead atoms. The molecule has 0 amide bonds. The Morgan fingerprint density at radius 3 is 2.28 bits per heavy atom. The number of methoxy groups -OCH3 is 1. The Bertz CT molecular complexity index is 1120. The zero-order valence-electron chi connectivity index (χ0n) is 17.5. The van der Waals surface area contributed by atoms with Gasteiger partial charge in [-0.2, -0.15) is 0 Å². The number of hydrogen-bond acceptors (Lipinski definition) is 1. The Hall–Kier alpha value is -3.06. The molecule has 4 aromatic carbocycles. The maximum atomic E-state index is 5.72. The van der Waals surface area contributed by atoms with Gasteiger partial charge in [0.05, 0.1) is 7.11 Å². The first-order chi connectivity index (χ1) is 14.2. The summed E-state index contributed by atoms with van der Waals surface area (Å²) in [5.41, 5.74) is 6.54. The minimum Gasteiger partial charge on any atom is -0.496 e. The van der Waals surface area contributed by atoms with E-state index in [0.717, 1.165) is 18.6 Å². The molecule has 0 saturated heterocycles. The van der Waals surface area contributed by atoms with Crippen molar-refractivity contribution in [3.05, 3.63) is 102 Å². The molecule has 0 fully saturated rings. The minimum absolute atomic E-state index is 0.629. The molecule has 0 radical (unpaired) electrons. The molecule has 0 unspecified atom stereocenters. The van der Waals surface area contributed by atoms with Crippen LogP contribution < -0.4 is 4.74 Å². The highest BCUT2D eigenvalue weighted by atomic mass is 16.5. The van der Waals surface area contributed by atoms with Crippen molar-refractivity contribution >= 4 is 10.8 Å². The first-order valence-corrected chi connectivity index (χ1v) is 10.4. The van der Waals surface area contributed by atoms with Gasteiger partial charge in [0.25, 0.3) is 0 Å². The molecule has 4 rings (SSSR count). The van der Waals surface area contributed by atoms with Crippen molar-refractivity contribution in [2.24, 2.45) is 5.92 Å². The summed E-state index contributed by atoms with van der Waals surface area (Å²) in [7, 11) is 1.76. The first-order valence-electron chi connectivity index (χ1n) is 10.4. The van der Waals surface area contributed by atoms with Crippen molar-refractivity contribution in [1.29, 1.82) is 0 Å². The summed E-state index contributed by atoms with van der Waals surface area (Å²) >= 11 is 0. The first kappa shape index (κ1) is 19.3. The van der Waals surface area contributed by atoms with Crippen molar-refractivity contribution in [1.82, 2.24) is 0 Å². The van der Waals surface area contributed by atoms with Crippen LogP contribution in [0.1, 0.15) is 30.5 Å². The van der Waals surface area contributed by atoms with Gasteiger partial charge in [0.2, 0.25) is 0 Å². The Morgan fingerprint density at radius 2 is 1.45 bits per heavy atom. The van der Waals surface area contributed by atoms with Crippen molar-refractivity contribution < 1.29 is 4.74 Å². The van der Waals surface area contributed by atoms with Crippen LogP contribution in [-0.4, -0.2) is 7.11 Å². The highest BCUT2D eigenvalue weighted by molar-refractivity contribution is 5.86. The van der Waals surface area contributed by atoms with Gasteiger partial charge in [0, 0.05) is 6.42 Å². The molecule has 1 heteroatoms. The van der Waals surface area contributed by atoms with Gasteiger partial charge in [-0.05, 0) is 63.1 Å². The number of hydrogen-bond donors (Lipinski definition) is 0. The third-order valence-corrected chi connectivity index (χ3v) is 5.50. The molecule has 0 heterocycles. The highest BCUT2D eigenvalue weighted by Crippen LogP contribution is 2.32. The summed E-state index contributed by atoms with van der Waals surface area (Å²) in [6, 6.07) is 30.5. The van der Waals surface area contributed by atoms with E-state index in [0.29, 0.717) is 5.92 Å². The highest BCUT2D eigenvalue weighted by Gasteiger charge is 2.12. The summed E-state index contributed by atoms with van der Waals surface area (Å²) in [5, 5.41) is 2.59. The summed E-state index contributed by atoms with van der Waals surface area (Å²) in [5.74, 6) is 1.58. The molecule has 0 spiro atoms. The maximum absolute atomic E-state index is 5.72. The molecule has 29 heavy (non-hydrogen) atoms. The topological polar surface area (TPSA) is 9.23 Å². The van der Waals surface area contributed by atoms with E-state index in [1.807, 2.05) is 0 Å². The van der Waals surface area contributed by atoms with Gasteiger partial charge in [0.1, 0.15) is 5.75 Å². The van der Waals surface area contributed by atoms with Crippen molar-refractivity contribution in [2.75, 3.05) is 7.11 Å². The molecule has 0 N–H and O–H groups in total. The van der Waals surface area contributed by atoms with Crippen LogP contribution in [0.5, 0.6) is 5.75 Å².